The van der Waals surface area contributed by atoms with Gasteiger partial charge in [0.1, 0.15) is 11.5 Å². The van der Waals surface area contributed by atoms with Crippen LogP contribution in [0, 0.1) is 0 Å². The first-order valence-electron chi connectivity index (χ1n) is 7.19. The van der Waals surface area contributed by atoms with E-state index in [4.69, 9.17) is 4.42 Å². The number of aromatic nitrogens is 2. The van der Waals surface area contributed by atoms with Gasteiger partial charge >= 0.3 is 0 Å². The summed E-state index contributed by atoms with van der Waals surface area (Å²) in [5.41, 5.74) is 1.11. The number of nitrogens with one attached hydrogen (secondary N) is 2. The number of rotatable bonds is 5. The van der Waals surface area contributed by atoms with Crippen LogP contribution in [0.15, 0.2) is 64.3 Å². The van der Waals surface area contributed by atoms with Gasteiger partial charge in [-0.25, -0.2) is 4.98 Å². The molecule has 3 aromatic rings. The quantitative estimate of drug-likeness (QED) is 0.758. The molecule has 0 radical (unpaired) electrons. The largest absolute Gasteiger partial charge is 0.469 e. The summed E-state index contributed by atoms with van der Waals surface area (Å²) >= 11 is 0. The lowest BCUT2D eigenvalue weighted by molar-refractivity contribution is -0.116. The van der Waals surface area contributed by atoms with Crippen molar-refractivity contribution in [2.45, 2.75) is 12.8 Å². The third-order valence-corrected chi connectivity index (χ3v) is 3.34. The number of H-pyrrole nitrogens is 1. The molecule has 1 amide bonds. The first kappa shape index (κ1) is 14.8. The lowest BCUT2D eigenvalue weighted by atomic mass is 10.1. The van der Waals surface area contributed by atoms with E-state index in [0.717, 1.165) is 5.76 Å². The Labute approximate surface area is 132 Å². The van der Waals surface area contributed by atoms with Crippen LogP contribution < -0.4 is 10.9 Å². The number of aryl methyl sites for hydroxylation is 1. The third kappa shape index (κ3) is 3.55. The summed E-state index contributed by atoms with van der Waals surface area (Å²) in [4.78, 5) is 30.7. The van der Waals surface area contributed by atoms with Crippen LogP contribution in [-0.4, -0.2) is 15.9 Å². The second kappa shape index (κ2) is 6.74. The Hall–Kier alpha value is -3.15. The highest BCUT2D eigenvalue weighted by molar-refractivity contribution is 5.95. The molecule has 0 aliphatic rings. The zero-order valence-electron chi connectivity index (χ0n) is 12.3. The number of hydrogen-bond acceptors (Lipinski definition) is 4. The van der Waals surface area contributed by atoms with Gasteiger partial charge in [0, 0.05) is 30.8 Å². The Morgan fingerprint density at radius 3 is 2.87 bits per heavy atom. The maximum atomic E-state index is 12.1. The van der Waals surface area contributed by atoms with Gasteiger partial charge in [0.15, 0.2) is 0 Å². The molecule has 0 saturated heterocycles. The predicted molar refractivity (Wildman–Crippen MR) is 86.0 cm³/mol. The normalized spacial score (nSPS) is 10.4. The minimum absolute atomic E-state index is 0.152. The molecule has 2 heterocycles. The van der Waals surface area contributed by atoms with E-state index in [1.165, 1.54) is 12.4 Å². The van der Waals surface area contributed by atoms with Crippen molar-refractivity contribution >= 4 is 11.6 Å². The van der Waals surface area contributed by atoms with Crippen molar-refractivity contribution in [1.29, 1.82) is 0 Å². The Morgan fingerprint density at radius 1 is 1.22 bits per heavy atom. The van der Waals surface area contributed by atoms with E-state index < -0.39 is 0 Å². The zero-order chi connectivity index (χ0) is 16.1. The van der Waals surface area contributed by atoms with Crippen LogP contribution in [0.5, 0.6) is 0 Å². The molecule has 2 N–H and O–H groups in total. The third-order valence-electron chi connectivity index (χ3n) is 3.34. The first-order valence-corrected chi connectivity index (χ1v) is 7.19. The van der Waals surface area contributed by atoms with E-state index in [0.29, 0.717) is 24.1 Å². The molecule has 0 saturated carbocycles. The van der Waals surface area contributed by atoms with E-state index in [1.807, 2.05) is 6.07 Å². The second-order valence-electron chi connectivity index (χ2n) is 4.94. The van der Waals surface area contributed by atoms with Crippen molar-refractivity contribution in [3.8, 4) is 11.3 Å². The monoisotopic (exact) mass is 309 g/mol. The molecule has 0 aliphatic heterocycles. The second-order valence-corrected chi connectivity index (χ2v) is 4.94. The average Bonchev–Trinajstić information content (AvgIpc) is 3.08. The van der Waals surface area contributed by atoms with Crippen LogP contribution in [-0.2, 0) is 11.2 Å². The summed E-state index contributed by atoms with van der Waals surface area (Å²) in [6.07, 6.45) is 5.37. The van der Waals surface area contributed by atoms with Crippen molar-refractivity contribution in [2.24, 2.45) is 0 Å². The van der Waals surface area contributed by atoms with Crippen molar-refractivity contribution < 1.29 is 9.21 Å². The SMILES string of the molecule is O=C(CCc1ccco1)Nc1ccccc1-c1ncc[nH]c1=O. The highest BCUT2D eigenvalue weighted by atomic mass is 16.3. The topological polar surface area (TPSA) is 88.0 Å². The van der Waals surface area contributed by atoms with Gasteiger partial charge in [-0.3, -0.25) is 9.59 Å². The van der Waals surface area contributed by atoms with E-state index >= 15 is 0 Å². The van der Waals surface area contributed by atoms with Gasteiger partial charge in [0.25, 0.3) is 5.56 Å². The summed E-state index contributed by atoms with van der Waals surface area (Å²) in [5.74, 6) is 0.607. The number of furan rings is 1. The molecule has 116 valence electrons. The highest BCUT2D eigenvalue weighted by Gasteiger charge is 2.12. The summed E-state index contributed by atoms with van der Waals surface area (Å²) in [7, 11) is 0. The van der Waals surface area contributed by atoms with Gasteiger partial charge in [-0.05, 0) is 18.2 Å². The number of carbonyl (C=O) groups is 1. The molecule has 0 aliphatic carbocycles. The Balaban J connectivity index is 1.77. The van der Waals surface area contributed by atoms with Crippen molar-refractivity contribution in [2.75, 3.05) is 5.32 Å². The van der Waals surface area contributed by atoms with Crippen molar-refractivity contribution in [3.63, 3.8) is 0 Å². The molecule has 0 fully saturated rings. The number of carbonyl (C=O) groups excluding carboxylic acids is 1. The standard InChI is InChI=1S/C17H15N3O3/c21-15(8-7-12-4-3-11-23-12)20-14-6-2-1-5-13(14)16-17(22)19-10-9-18-16/h1-6,9-11H,7-8H2,(H,19,22)(H,20,21). The van der Waals surface area contributed by atoms with Crippen LogP contribution in [0.1, 0.15) is 12.2 Å². The van der Waals surface area contributed by atoms with Crippen LogP contribution in [0.3, 0.4) is 0 Å². The van der Waals surface area contributed by atoms with Gasteiger partial charge < -0.3 is 14.7 Å². The summed E-state index contributed by atoms with van der Waals surface area (Å²) < 4.78 is 5.21. The van der Waals surface area contributed by atoms with Gasteiger partial charge in [-0.1, -0.05) is 18.2 Å². The number of hydrogen-bond donors (Lipinski definition) is 2. The van der Waals surface area contributed by atoms with Crippen molar-refractivity contribution in [3.05, 3.63) is 71.2 Å². The van der Waals surface area contributed by atoms with Gasteiger partial charge in [0.2, 0.25) is 5.91 Å². The molecule has 0 atom stereocenters. The van der Waals surface area contributed by atoms with Crippen molar-refractivity contribution in [1.82, 2.24) is 9.97 Å². The average molecular weight is 309 g/mol. The molecule has 3 rings (SSSR count). The maximum absolute atomic E-state index is 12.1. The molecule has 0 spiro atoms. The smallest absolute Gasteiger partial charge is 0.274 e. The van der Waals surface area contributed by atoms with Gasteiger partial charge in [0.05, 0.1) is 12.0 Å². The van der Waals surface area contributed by atoms with Gasteiger partial charge in [-0.15, -0.1) is 0 Å². The summed E-state index contributed by atoms with van der Waals surface area (Å²) in [6.45, 7) is 0. The number of nitrogens with zero attached hydrogens (tertiary/aromatic N) is 1. The Morgan fingerprint density at radius 2 is 2.09 bits per heavy atom. The number of aromatic amines is 1. The van der Waals surface area contributed by atoms with Crippen LogP contribution in [0.4, 0.5) is 5.69 Å². The molecule has 6 nitrogen and oxygen atoms in total. The number of anilines is 1. The Bertz CT molecular complexity index is 853. The van der Waals surface area contributed by atoms with E-state index in [1.54, 1.807) is 36.6 Å². The van der Waals surface area contributed by atoms with E-state index in [2.05, 4.69) is 15.3 Å². The molecule has 2 aromatic heterocycles. The molecule has 0 bridgehead atoms. The van der Waals surface area contributed by atoms with Crippen LogP contribution >= 0.6 is 0 Å². The first-order chi connectivity index (χ1) is 11.2. The van der Waals surface area contributed by atoms with E-state index in [-0.39, 0.29) is 17.2 Å². The van der Waals surface area contributed by atoms with Crippen LogP contribution in [0.2, 0.25) is 0 Å². The number of para-hydroxylation sites is 1. The fourth-order valence-corrected chi connectivity index (χ4v) is 2.25. The lowest BCUT2D eigenvalue weighted by Crippen LogP contribution is -2.15. The number of amides is 1. The molecule has 1 aromatic carbocycles. The van der Waals surface area contributed by atoms with Gasteiger partial charge in [-0.2, -0.15) is 0 Å². The van der Waals surface area contributed by atoms with E-state index in [9.17, 15) is 9.59 Å². The summed E-state index contributed by atoms with van der Waals surface area (Å²) in [5, 5.41) is 2.83. The lowest BCUT2D eigenvalue weighted by Gasteiger charge is -2.09. The fourth-order valence-electron chi connectivity index (χ4n) is 2.25. The van der Waals surface area contributed by atoms with Crippen LogP contribution in [0.25, 0.3) is 11.3 Å². The number of benzene rings is 1. The zero-order valence-corrected chi connectivity index (χ0v) is 12.3. The minimum Gasteiger partial charge on any atom is -0.469 e. The maximum Gasteiger partial charge on any atom is 0.274 e. The summed E-state index contributed by atoms with van der Waals surface area (Å²) in [6, 6.07) is 10.7. The minimum atomic E-state index is -0.301. The molecule has 23 heavy (non-hydrogen) atoms. The predicted octanol–water partition coefficient (Wildman–Crippen LogP) is 2.60. The fraction of sp³-hybridized carbons (Fsp3) is 0.118. The highest BCUT2D eigenvalue weighted by Crippen LogP contribution is 2.23. The molecule has 6 heteroatoms. The molecular weight excluding hydrogens is 294 g/mol. The Kier molecular flexibility index (Phi) is 4.33. The molecular formula is C17H15N3O3. The molecule has 0 unspecified atom stereocenters.